The third-order valence-electron chi connectivity index (χ3n) is 3.29. The van der Waals surface area contributed by atoms with Crippen molar-refractivity contribution in [3.05, 3.63) is 34.9 Å². The monoisotopic (exact) mass is 251 g/mol. The molecule has 0 aliphatic carbocycles. The maximum atomic E-state index is 13.8. The van der Waals surface area contributed by atoms with E-state index in [2.05, 4.69) is 0 Å². The van der Waals surface area contributed by atoms with Gasteiger partial charge in [0.25, 0.3) is 5.91 Å². The molecule has 1 N–H and O–H groups in total. The maximum Gasteiger partial charge on any atom is 0.254 e. The molecule has 4 heteroatoms. The molecular formula is C14H18FNO2. The molecular weight excluding hydrogens is 233 g/mol. The first-order chi connectivity index (χ1) is 8.29. The minimum Gasteiger partial charge on any atom is -0.387 e. The highest BCUT2D eigenvalue weighted by Crippen LogP contribution is 2.25. The van der Waals surface area contributed by atoms with Crippen LogP contribution in [-0.2, 0) is 6.54 Å². The van der Waals surface area contributed by atoms with E-state index in [0.717, 1.165) is 11.1 Å². The van der Waals surface area contributed by atoms with Crippen molar-refractivity contribution in [3.63, 3.8) is 0 Å². The molecule has 1 aromatic carbocycles. The van der Waals surface area contributed by atoms with Crippen LogP contribution in [0.1, 0.15) is 35.3 Å². The van der Waals surface area contributed by atoms with Gasteiger partial charge in [0.05, 0.1) is 12.1 Å². The van der Waals surface area contributed by atoms with Crippen LogP contribution in [0.15, 0.2) is 18.2 Å². The number of benzene rings is 1. The molecule has 18 heavy (non-hydrogen) atoms. The van der Waals surface area contributed by atoms with Gasteiger partial charge in [-0.3, -0.25) is 4.79 Å². The van der Waals surface area contributed by atoms with Crippen LogP contribution in [0.2, 0.25) is 0 Å². The summed E-state index contributed by atoms with van der Waals surface area (Å²) in [4.78, 5) is 13.5. The minimum absolute atomic E-state index is 0.0734. The van der Waals surface area contributed by atoms with Gasteiger partial charge in [0, 0.05) is 12.1 Å². The van der Waals surface area contributed by atoms with Crippen molar-refractivity contribution in [2.45, 2.75) is 39.1 Å². The number of halogens is 1. The van der Waals surface area contributed by atoms with E-state index >= 15 is 0 Å². The van der Waals surface area contributed by atoms with Crippen molar-refractivity contribution in [1.82, 2.24) is 4.90 Å². The topological polar surface area (TPSA) is 40.5 Å². The predicted octanol–water partition coefficient (Wildman–Crippen LogP) is 2.06. The molecule has 0 saturated heterocycles. The van der Waals surface area contributed by atoms with Crippen molar-refractivity contribution >= 4 is 5.91 Å². The fourth-order valence-corrected chi connectivity index (χ4v) is 2.07. The Morgan fingerprint density at radius 3 is 2.78 bits per heavy atom. The largest absolute Gasteiger partial charge is 0.387 e. The molecule has 0 fully saturated rings. The molecule has 1 atom stereocenters. The lowest BCUT2D eigenvalue weighted by Gasteiger charge is -2.26. The highest BCUT2D eigenvalue weighted by molar-refractivity contribution is 5.98. The van der Waals surface area contributed by atoms with E-state index in [1.54, 1.807) is 6.07 Å². The molecule has 1 aliphatic rings. The standard InChI is InChI=1S/C14H18FNO2/c1-9-4-5-11-10(6-9)7-16(13(11)17)8-12(15)14(2,3)18/h4-6,12,18H,7-8H2,1-3H3. The number of amides is 1. The Morgan fingerprint density at radius 1 is 1.50 bits per heavy atom. The predicted molar refractivity (Wildman–Crippen MR) is 67.1 cm³/mol. The van der Waals surface area contributed by atoms with Crippen molar-refractivity contribution in [3.8, 4) is 0 Å². The van der Waals surface area contributed by atoms with Gasteiger partial charge in [0.1, 0.15) is 6.17 Å². The Labute approximate surface area is 106 Å². The van der Waals surface area contributed by atoms with Crippen molar-refractivity contribution in [1.29, 1.82) is 0 Å². The normalized spacial score (nSPS) is 16.9. The molecule has 0 saturated carbocycles. The Hall–Kier alpha value is -1.42. The van der Waals surface area contributed by atoms with Crippen LogP contribution < -0.4 is 0 Å². The first-order valence-corrected chi connectivity index (χ1v) is 6.04. The van der Waals surface area contributed by atoms with Crippen molar-refractivity contribution < 1.29 is 14.3 Å². The zero-order valence-electron chi connectivity index (χ0n) is 10.9. The van der Waals surface area contributed by atoms with E-state index in [-0.39, 0.29) is 12.5 Å². The second kappa shape index (κ2) is 4.35. The first-order valence-electron chi connectivity index (χ1n) is 6.04. The van der Waals surface area contributed by atoms with Gasteiger partial charge in [0.2, 0.25) is 0 Å². The van der Waals surface area contributed by atoms with E-state index in [1.807, 2.05) is 19.1 Å². The number of nitrogens with zero attached hydrogens (tertiary/aromatic N) is 1. The van der Waals surface area contributed by atoms with Gasteiger partial charge in [-0.25, -0.2) is 4.39 Å². The van der Waals surface area contributed by atoms with Crippen molar-refractivity contribution in [2.75, 3.05) is 6.54 Å². The maximum absolute atomic E-state index is 13.8. The summed E-state index contributed by atoms with van der Waals surface area (Å²) in [6.45, 7) is 5.13. The lowest BCUT2D eigenvalue weighted by atomic mass is 10.0. The highest BCUT2D eigenvalue weighted by Gasteiger charge is 2.34. The van der Waals surface area contributed by atoms with Gasteiger partial charge >= 0.3 is 0 Å². The van der Waals surface area contributed by atoms with Gasteiger partial charge < -0.3 is 10.0 Å². The first kappa shape index (κ1) is 13.0. The Bertz CT molecular complexity index is 479. The number of fused-ring (bicyclic) bond motifs is 1. The van der Waals surface area contributed by atoms with Crippen LogP contribution in [0, 0.1) is 6.92 Å². The Morgan fingerprint density at radius 2 is 2.17 bits per heavy atom. The summed E-state index contributed by atoms with van der Waals surface area (Å²) in [6, 6.07) is 5.61. The third kappa shape index (κ3) is 2.38. The van der Waals surface area contributed by atoms with Gasteiger partial charge in [-0.1, -0.05) is 17.7 Å². The molecule has 0 bridgehead atoms. The van der Waals surface area contributed by atoms with Gasteiger partial charge in [-0.05, 0) is 32.4 Å². The number of aryl methyl sites for hydroxylation is 1. The highest BCUT2D eigenvalue weighted by atomic mass is 19.1. The third-order valence-corrected chi connectivity index (χ3v) is 3.29. The number of carbonyl (C=O) groups is 1. The lowest BCUT2D eigenvalue weighted by molar-refractivity contribution is -0.0159. The average molecular weight is 251 g/mol. The summed E-state index contributed by atoms with van der Waals surface area (Å²) >= 11 is 0. The number of hydrogen-bond donors (Lipinski definition) is 1. The van der Waals surface area contributed by atoms with Crippen molar-refractivity contribution in [2.24, 2.45) is 0 Å². The fourth-order valence-electron chi connectivity index (χ4n) is 2.07. The van der Waals surface area contributed by atoms with E-state index in [1.165, 1.54) is 18.7 Å². The number of carbonyl (C=O) groups excluding carboxylic acids is 1. The molecule has 1 aliphatic heterocycles. The molecule has 0 aromatic heterocycles. The number of aliphatic hydroxyl groups is 1. The van der Waals surface area contributed by atoms with Gasteiger partial charge in [-0.2, -0.15) is 0 Å². The molecule has 3 nitrogen and oxygen atoms in total. The molecule has 1 heterocycles. The molecule has 1 unspecified atom stereocenters. The summed E-state index contributed by atoms with van der Waals surface area (Å²) in [6.07, 6.45) is -1.45. The summed E-state index contributed by atoms with van der Waals surface area (Å²) in [5.41, 5.74) is 1.24. The quantitative estimate of drug-likeness (QED) is 0.893. The second-order valence-corrected chi connectivity index (χ2v) is 5.47. The number of hydrogen-bond acceptors (Lipinski definition) is 2. The van der Waals surface area contributed by atoms with E-state index in [9.17, 15) is 14.3 Å². The number of alkyl halides is 1. The zero-order chi connectivity index (χ0) is 13.5. The van der Waals surface area contributed by atoms with Crippen LogP contribution in [0.3, 0.4) is 0 Å². The molecule has 1 aromatic rings. The van der Waals surface area contributed by atoms with E-state index in [4.69, 9.17) is 0 Å². The summed E-state index contributed by atoms with van der Waals surface area (Å²) in [5, 5.41) is 9.58. The van der Waals surface area contributed by atoms with Crippen LogP contribution in [0.25, 0.3) is 0 Å². The van der Waals surface area contributed by atoms with Gasteiger partial charge in [-0.15, -0.1) is 0 Å². The smallest absolute Gasteiger partial charge is 0.254 e. The van der Waals surface area contributed by atoms with Crippen LogP contribution in [-0.4, -0.2) is 34.2 Å². The van der Waals surface area contributed by atoms with Crippen LogP contribution >= 0.6 is 0 Å². The van der Waals surface area contributed by atoms with Crippen LogP contribution in [0.5, 0.6) is 0 Å². The Kier molecular flexibility index (Phi) is 3.15. The lowest BCUT2D eigenvalue weighted by Crippen LogP contribution is -2.42. The molecule has 0 spiro atoms. The minimum atomic E-state index is -1.45. The molecule has 1 amide bonds. The molecule has 98 valence electrons. The summed E-state index contributed by atoms with van der Waals surface area (Å²) < 4.78 is 13.8. The van der Waals surface area contributed by atoms with Gasteiger partial charge in [0.15, 0.2) is 0 Å². The second-order valence-electron chi connectivity index (χ2n) is 5.47. The Balaban J connectivity index is 2.14. The SMILES string of the molecule is Cc1ccc2c(c1)CN(CC(F)C(C)(C)O)C2=O. The van der Waals surface area contributed by atoms with E-state index < -0.39 is 11.8 Å². The van der Waals surface area contributed by atoms with Crippen LogP contribution in [0.4, 0.5) is 4.39 Å². The summed E-state index contributed by atoms with van der Waals surface area (Å²) in [7, 11) is 0. The molecule has 0 radical (unpaired) electrons. The number of rotatable bonds is 3. The van der Waals surface area contributed by atoms with E-state index in [0.29, 0.717) is 12.1 Å². The zero-order valence-corrected chi connectivity index (χ0v) is 10.9. The fraction of sp³-hybridized carbons (Fsp3) is 0.500. The molecule has 2 rings (SSSR count). The summed E-state index contributed by atoms with van der Waals surface area (Å²) in [5.74, 6) is -0.156. The average Bonchev–Trinajstić information content (AvgIpc) is 2.54.